The van der Waals surface area contributed by atoms with E-state index in [4.69, 9.17) is 16.3 Å². The number of aryl methyl sites for hydroxylation is 1. The van der Waals surface area contributed by atoms with E-state index in [0.717, 1.165) is 14.8 Å². The largest absolute Gasteiger partial charge is 0.481 e. The molecule has 0 aliphatic carbocycles. The average molecular weight is 430 g/mol. The Morgan fingerprint density at radius 2 is 1.95 bits per heavy atom. The summed E-state index contributed by atoms with van der Waals surface area (Å²) in [4.78, 5) is 12.4. The monoisotopic (exact) mass is 429 g/mol. The van der Waals surface area contributed by atoms with Gasteiger partial charge in [0.1, 0.15) is 5.75 Å². The van der Waals surface area contributed by atoms with Gasteiger partial charge < -0.3 is 10.1 Å². The summed E-state index contributed by atoms with van der Waals surface area (Å²) in [6.45, 7) is 3.89. The molecule has 0 saturated heterocycles. The summed E-state index contributed by atoms with van der Waals surface area (Å²) in [6.07, 6.45) is 0.0394. The quantitative estimate of drug-likeness (QED) is 0.676. The number of carbonyl (C=O) groups is 1. The van der Waals surface area contributed by atoms with Crippen LogP contribution in [0.4, 0.5) is 5.69 Å². The molecule has 22 heavy (non-hydrogen) atoms. The Morgan fingerprint density at radius 3 is 2.55 bits per heavy atom. The predicted molar refractivity (Wildman–Crippen MR) is 98.7 cm³/mol. The summed E-state index contributed by atoms with van der Waals surface area (Å²) in [7, 11) is 0. The third-order valence-electron chi connectivity index (χ3n) is 3.20. The van der Waals surface area contributed by atoms with Crippen LogP contribution in [0.2, 0.25) is 5.02 Å². The van der Waals surface area contributed by atoms with Crippen LogP contribution in [0.1, 0.15) is 18.9 Å². The fourth-order valence-electron chi connectivity index (χ4n) is 1.98. The molecular formula is C17H17ClINO2. The Hall–Kier alpha value is -1.27. The van der Waals surface area contributed by atoms with Crippen molar-refractivity contribution in [1.29, 1.82) is 0 Å². The van der Waals surface area contributed by atoms with Crippen molar-refractivity contribution >= 4 is 45.8 Å². The number of nitrogens with one attached hydrogen (secondary N) is 1. The molecule has 3 nitrogen and oxygen atoms in total. The van der Waals surface area contributed by atoms with E-state index >= 15 is 0 Å². The van der Waals surface area contributed by atoms with Gasteiger partial charge >= 0.3 is 0 Å². The smallest absolute Gasteiger partial charge is 0.265 e. The van der Waals surface area contributed by atoms with Gasteiger partial charge in [0.25, 0.3) is 5.91 Å². The molecule has 1 atom stereocenters. The van der Waals surface area contributed by atoms with E-state index in [2.05, 4.69) is 27.9 Å². The molecule has 0 aliphatic rings. The van der Waals surface area contributed by atoms with Crippen molar-refractivity contribution < 1.29 is 9.53 Å². The van der Waals surface area contributed by atoms with Crippen LogP contribution >= 0.6 is 34.2 Å². The van der Waals surface area contributed by atoms with Crippen molar-refractivity contribution in [3.8, 4) is 5.75 Å². The lowest BCUT2D eigenvalue weighted by atomic mass is 10.2. The molecule has 1 N–H and O–H groups in total. The second-order valence-corrected chi connectivity index (χ2v) is 6.60. The highest BCUT2D eigenvalue weighted by molar-refractivity contribution is 14.1. The van der Waals surface area contributed by atoms with Crippen LogP contribution in [-0.4, -0.2) is 12.0 Å². The molecule has 2 aromatic carbocycles. The Balaban J connectivity index is 2.06. The first-order chi connectivity index (χ1) is 10.5. The summed E-state index contributed by atoms with van der Waals surface area (Å²) in [5, 5.41) is 3.57. The minimum absolute atomic E-state index is 0.151. The van der Waals surface area contributed by atoms with Gasteiger partial charge in [0.15, 0.2) is 6.10 Å². The predicted octanol–water partition coefficient (Wildman–Crippen LogP) is 5.05. The molecule has 0 saturated carbocycles. The number of rotatable bonds is 5. The molecule has 0 unspecified atom stereocenters. The van der Waals surface area contributed by atoms with Gasteiger partial charge in [-0.15, -0.1) is 0 Å². The van der Waals surface area contributed by atoms with Crippen LogP contribution in [0, 0.1) is 10.5 Å². The normalized spacial score (nSPS) is 11.8. The highest BCUT2D eigenvalue weighted by Crippen LogP contribution is 2.20. The molecule has 0 bridgehead atoms. The van der Waals surface area contributed by atoms with Crippen molar-refractivity contribution in [3.05, 3.63) is 56.6 Å². The van der Waals surface area contributed by atoms with Crippen molar-refractivity contribution in [1.82, 2.24) is 0 Å². The van der Waals surface area contributed by atoms with Crippen molar-refractivity contribution in [3.63, 3.8) is 0 Å². The Kier molecular flexibility index (Phi) is 6.08. The molecule has 2 rings (SSSR count). The zero-order chi connectivity index (χ0) is 16.1. The molecule has 0 aromatic heterocycles. The molecule has 0 aliphatic heterocycles. The summed E-state index contributed by atoms with van der Waals surface area (Å²) in [5.41, 5.74) is 1.84. The highest BCUT2D eigenvalue weighted by atomic mass is 127. The topological polar surface area (TPSA) is 38.3 Å². The van der Waals surface area contributed by atoms with Crippen LogP contribution in [0.15, 0.2) is 42.5 Å². The Morgan fingerprint density at radius 1 is 1.27 bits per heavy atom. The van der Waals surface area contributed by atoms with Crippen LogP contribution in [0.3, 0.4) is 0 Å². The van der Waals surface area contributed by atoms with Crippen molar-refractivity contribution in [2.45, 2.75) is 26.4 Å². The van der Waals surface area contributed by atoms with E-state index in [1.54, 1.807) is 24.3 Å². The number of ether oxygens (including phenoxy) is 1. The van der Waals surface area contributed by atoms with E-state index in [0.29, 0.717) is 17.2 Å². The van der Waals surface area contributed by atoms with Gasteiger partial charge in [-0.1, -0.05) is 18.5 Å². The second-order valence-electron chi connectivity index (χ2n) is 4.92. The molecule has 116 valence electrons. The maximum absolute atomic E-state index is 12.4. The van der Waals surface area contributed by atoms with Gasteiger partial charge in [-0.2, -0.15) is 0 Å². The number of amides is 1. The molecule has 0 heterocycles. The van der Waals surface area contributed by atoms with Gasteiger partial charge in [-0.05, 0) is 84.0 Å². The number of carbonyl (C=O) groups excluding carboxylic acids is 1. The standard InChI is InChI=1S/C17H17ClINO2/c1-3-16(22-14-7-4-12(18)5-8-14)17(21)20-15-9-6-13(19)10-11(15)2/h4-10,16H,3H2,1-2H3,(H,20,21)/t16-/m1/s1. The van der Waals surface area contributed by atoms with Crippen LogP contribution < -0.4 is 10.1 Å². The molecule has 0 fully saturated rings. The SMILES string of the molecule is CC[C@@H](Oc1ccc(Cl)cc1)C(=O)Nc1ccc(I)cc1C. The van der Waals surface area contributed by atoms with Gasteiger partial charge in [0, 0.05) is 14.3 Å². The number of hydrogen-bond donors (Lipinski definition) is 1. The van der Waals surface area contributed by atoms with E-state index in [1.807, 2.05) is 32.0 Å². The van der Waals surface area contributed by atoms with Gasteiger partial charge in [-0.3, -0.25) is 4.79 Å². The maximum atomic E-state index is 12.4. The molecule has 5 heteroatoms. The van der Waals surface area contributed by atoms with Crippen LogP contribution in [0.5, 0.6) is 5.75 Å². The Bertz CT molecular complexity index is 658. The lowest BCUT2D eigenvalue weighted by Gasteiger charge is -2.18. The van der Waals surface area contributed by atoms with Gasteiger partial charge in [0.05, 0.1) is 0 Å². The minimum atomic E-state index is -0.542. The summed E-state index contributed by atoms with van der Waals surface area (Å²) < 4.78 is 6.88. The molecular weight excluding hydrogens is 413 g/mol. The highest BCUT2D eigenvalue weighted by Gasteiger charge is 2.19. The number of hydrogen-bond acceptors (Lipinski definition) is 2. The first-order valence-corrected chi connectivity index (χ1v) is 8.44. The van der Waals surface area contributed by atoms with Crippen LogP contribution in [0.25, 0.3) is 0 Å². The molecule has 0 radical (unpaired) electrons. The minimum Gasteiger partial charge on any atom is -0.481 e. The van der Waals surface area contributed by atoms with E-state index in [9.17, 15) is 4.79 Å². The van der Waals surface area contributed by atoms with Gasteiger partial charge in [0.2, 0.25) is 0 Å². The lowest BCUT2D eigenvalue weighted by molar-refractivity contribution is -0.122. The van der Waals surface area contributed by atoms with Crippen molar-refractivity contribution in [2.24, 2.45) is 0 Å². The molecule has 1 amide bonds. The third kappa shape index (κ3) is 4.61. The summed E-state index contributed by atoms with van der Waals surface area (Å²) in [6, 6.07) is 12.9. The van der Waals surface area contributed by atoms with E-state index in [1.165, 1.54) is 0 Å². The zero-order valence-electron chi connectivity index (χ0n) is 12.4. The first-order valence-electron chi connectivity index (χ1n) is 6.99. The Labute approximate surface area is 149 Å². The number of benzene rings is 2. The zero-order valence-corrected chi connectivity index (χ0v) is 15.3. The third-order valence-corrected chi connectivity index (χ3v) is 4.12. The summed E-state index contributed by atoms with van der Waals surface area (Å²) >= 11 is 8.09. The maximum Gasteiger partial charge on any atom is 0.265 e. The van der Waals surface area contributed by atoms with E-state index < -0.39 is 6.10 Å². The summed E-state index contributed by atoms with van der Waals surface area (Å²) in [5.74, 6) is 0.479. The number of anilines is 1. The fourth-order valence-corrected chi connectivity index (χ4v) is 2.75. The fraction of sp³-hybridized carbons (Fsp3) is 0.235. The lowest BCUT2D eigenvalue weighted by Crippen LogP contribution is -2.32. The first kappa shape index (κ1) is 17.1. The molecule has 0 spiro atoms. The van der Waals surface area contributed by atoms with Crippen LogP contribution in [-0.2, 0) is 4.79 Å². The van der Waals surface area contributed by atoms with E-state index in [-0.39, 0.29) is 5.91 Å². The van der Waals surface area contributed by atoms with Crippen molar-refractivity contribution in [2.75, 3.05) is 5.32 Å². The van der Waals surface area contributed by atoms with Gasteiger partial charge in [-0.25, -0.2) is 0 Å². The average Bonchev–Trinajstić information content (AvgIpc) is 2.49. The molecule has 2 aromatic rings. The number of halogens is 2. The second kappa shape index (κ2) is 7.83.